The Labute approximate surface area is 174 Å². The molecule has 154 valence electrons. The van der Waals surface area contributed by atoms with E-state index in [1.165, 1.54) is 5.01 Å². The Kier molecular flexibility index (Phi) is 5.07. The third kappa shape index (κ3) is 3.68. The first-order valence-electron chi connectivity index (χ1n) is 9.79. The van der Waals surface area contributed by atoms with Gasteiger partial charge >= 0.3 is 0 Å². The number of nitrogens with one attached hydrogen (secondary N) is 1. The predicted molar refractivity (Wildman–Crippen MR) is 111 cm³/mol. The summed E-state index contributed by atoms with van der Waals surface area (Å²) < 4.78 is 0. The van der Waals surface area contributed by atoms with Gasteiger partial charge in [-0.05, 0) is 49.6 Å². The second kappa shape index (κ2) is 7.70. The van der Waals surface area contributed by atoms with Gasteiger partial charge in [0.2, 0.25) is 5.91 Å². The maximum atomic E-state index is 13.0. The van der Waals surface area contributed by atoms with Gasteiger partial charge in [0.15, 0.2) is 12.1 Å². The first-order valence-corrected chi connectivity index (χ1v) is 9.79. The van der Waals surface area contributed by atoms with E-state index in [0.29, 0.717) is 12.2 Å². The van der Waals surface area contributed by atoms with E-state index in [-0.39, 0.29) is 12.5 Å². The zero-order valence-corrected chi connectivity index (χ0v) is 17.1. The number of carbonyl (C=O) groups excluding carboxylic acids is 3. The van der Waals surface area contributed by atoms with Gasteiger partial charge in [0.05, 0.1) is 5.69 Å². The molecule has 0 radical (unpaired) electrons. The Balaban J connectivity index is 1.44. The number of fused-ring (bicyclic) bond motifs is 1. The number of imide groups is 1. The molecule has 30 heavy (non-hydrogen) atoms. The second-order valence-electron chi connectivity index (χ2n) is 7.81. The molecule has 2 atom stereocenters. The average molecular weight is 405 g/mol. The number of aryl methyl sites for hydroxylation is 3. The first kappa shape index (κ1) is 19.8. The molecule has 4 rings (SSSR count). The topological polar surface area (TPSA) is 94.4 Å². The van der Waals surface area contributed by atoms with E-state index in [4.69, 9.17) is 0 Å². The summed E-state index contributed by atoms with van der Waals surface area (Å²) in [7, 11) is 0. The molecule has 0 aromatic heterocycles. The van der Waals surface area contributed by atoms with Crippen LogP contribution in [0.2, 0.25) is 0 Å². The molecule has 1 fully saturated rings. The van der Waals surface area contributed by atoms with E-state index < -0.39 is 23.9 Å². The summed E-state index contributed by atoms with van der Waals surface area (Å²) in [6.45, 7) is 6.05. The fraction of sp³-hybridized carbons (Fsp3) is 0.318. The van der Waals surface area contributed by atoms with Crippen LogP contribution in [0, 0.1) is 20.8 Å². The Morgan fingerprint density at radius 1 is 0.967 bits per heavy atom. The monoisotopic (exact) mass is 405 g/mol. The van der Waals surface area contributed by atoms with Crippen LogP contribution in [0.25, 0.3) is 0 Å². The van der Waals surface area contributed by atoms with Crippen molar-refractivity contribution in [1.82, 2.24) is 10.3 Å². The van der Waals surface area contributed by atoms with Crippen LogP contribution in [0.1, 0.15) is 22.3 Å². The molecular weight excluding hydrogens is 382 g/mol. The molecule has 2 aliphatic rings. The summed E-state index contributed by atoms with van der Waals surface area (Å²) in [5.41, 5.74) is 4.55. The molecule has 1 N–H and O–H groups in total. The largest absolute Gasteiger partial charge is 0.350 e. The molecule has 2 heterocycles. The summed E-state index contributed by atoms with van der Waals surface area (Å²) >= 11 is 0. The van der Waals surface area contributed by atoms with Gasteiger partial charge in [-0.1, -0.05) is 41.1 Å². The minimum absolute atomic E-state index is 0.143. The van der Waals surface area contributed by atoms with Gasteiger partial charge < -0.3 is 5.32 Å². The molecule has 0 saturated carbocycles. The van der Waals surface area contributed by atoms with E-state index in [2.05, 4.69) is 15.7 Å². The number of hydrogen-bond acceptors (Lipinski definition) is 6. The zero-order chi connectivity index (χ0) is 21.4. The van der Waals surface area contributed by atoms with Crippen LogP contribution < -0.4 is 10.2 Å². The first-order chi connectivity index (χ1) is 14.3. The SMILES string of the molecule is Cc1ccc(CNC(=O)CN2N=N[C@H]3C(=O)N(c4cc(C)cc(C)c4)C(=O)[C@@H]32)cc1. The van der Waals surface area contributed by atoms with Gasteiger partial charge in [-0.2, -0.15) is 5.11 Å². The van der Waals surface area contributed by atoms with Crippen LogP contribution >= 0.6 is 0 Å². The molecule has 3 amide bonds. The highest BCUT2D eigenvalue weighted by Gasteiger charge is 2.55. The van der Waals surface area contributed by atoms with Crippen molar-refractivity contribution in [1.29, 1.82) is 0 Å². The van der Waals surface area contributed by atoms with Crippen molar-refractivity contribution in [2.24, 2.45) is 10.3 Å². The van der Waals surface area contributed by atoms with E-state index in [1.54, 1.807) is 12.1 Å². The van der Waals surface area contributed by atoms with E-state index in [1.807, 2.05) is 51.1 Å². The molecule has 0 bridgehead atoms. The molecule has 8 nitrogen and oxygen atoms in total. The molecule has 0 aliphatic carbocycles. The van der Waals surface area contributed by atoms with Crippen molar-refractivity contribution >= 4 is 23.4 Å². The fourth-order valence-electron chi connectivity index (χ4n) is 3.80. The Morgan fingerprint density at radius 3 is 2.30 bits per heavy atom. The van der Waals surface area contributed by atoms with Crippen molar-refractivity contribution in [3.05, 3.63) is 64.7 Å². The van der Waals surface area contributed by atoms with Gasteiger partial charge in [-0.25, -0.2) is 4.90 Å². The van der Waals surface area contributed by atoms with Crippen LogP contribution in [0.15, 0.2) is 52.8 Å². The number of hydrogen-bond donors (Lipinski definition) is 1. The third-order valence-corrected chi connectivity index (χ3v) is 5.24. The van der Waals surface area contributed by atoms with E-state index in [9.17, 15) is 14.4 Å². The predicted octanol–water partition coefficient (Wildman–Crippen LogP) is 2.22. The van der Waals surface area contributed by atoms with Crippen LogP contribution in [0.4, 0.5) is 5.69 Å². The van der Waals surface area contributed by atoms with Crippen molar-refractivity contribution in [2.45, 2.75) is 39.4 Å². The highest BCUT2D eigenvalue weighted by Crippen LogP contribution is 2.32. The van der Waals surface area contributed by atoms with Gasteiger partial charge in [0, 0.05) is 6.54 Å². The fourth-order valence-corrected chi connectivity index (χ4v) is 3.80. The summed E-state index contributed by atoms with van der Waals surface area (Å²) in [5, 5.41) is 12.0. The van der Waals surface area contributed by atoms with Gasteiger partial charge in [-0.15, -0.1) is 0 Å². The molecule has 0 spiro atoms. The summed E-state index contributed by atoms with van der Waals surface area (Å²) in [4.78, 5) is 39.4. The van der Waals surface area contributed by atoms with E-state index >= 15 is 0 Å². The number of benzene rings is 2. The highest BCUT2D eigenvalue weighted by molar-refractivity contribution is 6.25. The Hall–Kier alpha value is -3.55. The number of rotatable bonds is 5. The lowest BCUT2D eigenvalue weighted by atomic mass is 10.1. The Bertz CT molecular complexity index is 1030. The minimum Gasteiger partial charge on any atom is -0.350 e. The lowest BCUT2D eigenvalue weighted by molar-refractivity contribution is -0.125. The standard InChI is InChI=1S/C22H23N5O3/c1-13-4-6-16(7-5-13)11-23-18(28)12-26-20-19(24-25-26)21(29)27(22(20)30)17-9-14(2)8-15(3)10-17/h4-10,19-20H,11-12H2,1-3H3,(H,23,28)/t19-,20-/m1/s1. The van der Waals surface area contributed by atoms with Crippen LogP contribution in [-0.4, -0.2) is 41.4 Å². The summed E-state index contributed by atoms with van der Waals surface area (Å²) in [5.74, 6) is -1.12. The lowest BCUT2D eigenvalue weighted by Gasteiger charge is -2.20. The van der Waals surface area contributed by atoms with Crippen LogP contribution in [0.5, 0.6) is 0 Å². The van der Waals surface area contributed by atoms with Crippen molar-refractivity contribution in [3.8, 4) is 0 Å². The normalized spacial score (nSPS) is 20.1. The summed E-state index contributed by atoms with van der Waals surface area (Å²) in [6.07, 6.45) is 0. The van der Waals surface area contributed by atoms with Crippen molar-refractivity contribution in [2.75, 3.05) is 11.4 Å². The second-order valence-corrected chi connectivity index (χ2v) is 7.81. The lowest BCUT2D eigenvalue weighted by Crippen LogP contribution is -2.44. The maximum absolute atomic E-state index is 13.0. The highest BCUT2D eigenvalue weighted by atomic mass is 16.2. The Morgan fingerprint density at radius 2 is 1.63 bits per heavy atom. The molecule has 2 aromatic rings. The van der Waals surface area contributed by atoms with Crippen molar-refractivity contribution < 1.29 is 14.4 Å². The zero-order valence-electron chi connectivity index (χ0n) is 17.1. The number of amides is 3. The quantitative estimate of drug-likeness (QED) is 0.772. The number of carbonyl (C=O) groups is 3. The molecule has 2 aromatic carbocycles. The van der Waals surface area contributed by atoms with Gasteiger partial charge in [0.1, 0.15) is 6.54 Å². The minimum atomic E-state index is -0.914. The molecule has 1 saturated heterocycles. The number of anilines is 1. The van der Waals surface area contributed by atoms with E-state index in [0.717, 1.165) is 27.2 Å². The number of nitrogens with zero attached hydrogens (tertiary/aromatic N) is 4. The average Bonchev–Trinajstić information content (AvgIpc) is 3.20. The molecular formula is C22H23N5O3. The smallest absolute Gasteiger partial charge is 0.263 e. The van der Waals surface area contributed by atoms with Crippen molar-refractivity contribution in [3.63, 3.8) is 0 Å². The van der Waals surface area contributed by atoms with Gasteiger partial charge in [0.25, 0.3) is 11.8 Å². The van der Waals surface area contributed by atoms with Crippen LogP contribution in [0.3, 0.4) is 0 Å². The third-order valence-electron chi connectivity index (χ3n) is 5.24. The van der Waals surface area contributed by atoms with Gasteiger partial charge in [-0.3, -0.25) is 19.4 Å². The maximum Gasteiger partial charge on any atom is 0.263 e. The van der Waals surface area contributed by atoms with Crippen LogP contribution in [-0.2, 0) is 20.9 Å². The molecule has 0 unspecified atom stereocenters. The molecule has 2 aliphatic heterocycles. The summed E-state index contributed by atoms with van der Waals surface area (Å²) in [6, 6.07) is 11.6. The molecule has 8 heteroatoms.